The summed E-state index contributed by atoms with van der Waals surface area (Å²) >= 11 is 0. The quantitative estimate of drug-likeness (QED) is 0.879. The number of aryl methyl sites for hydroxylation is 1. The van der Waals surface area contributed by atoms with Crippen LogP contribution in [0.1, 0.15) is 49.3 Å². The molecule has 2 aliphatic rings. The minimum atomic E-state index is 0.460. The Bertz CT molecular complexity index is 699. The van der Waals surface area contributed by atoms with E-state index in [1.165, 1.54) is 37.7 Å². The average molecular weight is 352 g/mol. The zero-order valence-corrected chi connectivity index (χ0v) is 15.5. The van der Waals surface area contributed by atoms with E-state index in [9.17, 15) is 0 Å². The highest BCUT2D eigenvalue weighted by Crippen LogP contribution is 2.27. The van der Waals surface area contributed by atoms with Gasteiger partial charge in [0, 0.05) is 37.8 Å². The Kier molecular flexibility index (Phi) is 5.29. The predicted molar refractivity (Wildman–Crippen MR) is 105 cm³/mol. The highest BCUT2D eigenvalue weighted by Gasteiger charge is 2.21. The Balaban J connectivity index is 1.64. The van der Waals surface area contributed by atoms with Gasteiger partial charge in [0.1, 0.15) is 11.6 Å². The zero-order chi connectivity index (χ0) is 17.8. The van der Waals surface area contributed by atoms with Crippen LogP contribution in [-0.4, -0.2) is 41.1 Å². The molecule has 0 spiro atoms. The summed E-state index contributed by atoms with van der Waals surface area (Å²) in [5.74, 6) is 3.00. The van der Waals surface area contributed by atoms with Crippen molar-refractivity contribution >= 4 is 17.6 Å². The molecule has 6 heteroatoms. The largest absolute Gasteiger partial charge is 0.341 e. The molecular formula is C20H28N6. The molecule has 138 valence electrons. The topological polar surface area (TPSA) is 66.0 Å². The Labute approximate surface area is 155 Å². The van der Waals surface area contributed by atoms with Crippen LogP contribution in [0.5, 0.6) is 0 Å². The lowest BCUT2D eigenvalue weighted by atomic mass is 9.96. The molecule has 2 N–H and O–H groups in total. The molecule has 0 radical (unpaired) electrons. The first-order chi connectivity index (χ1) is 12.8. The van der Waals surface area contributed by atoms with Crippen molar-refractivity contribution in [3.63, 3.8) is 0 Å². The number of hydrogen-bond acceptors (Lipinski definition) is 6. The number of nitrogens with one attached hydrogen (secondary N) is 2. The van der Waals surface area contributed by atoms with Gasteiger partial charge in [-0.1, -0.05) is 0 Å². The van der Waals surface area contributed by atoms with Crippen LogP contribution in [0, 0.1) is 6.92 Å². The van der Waals surface area contributed by atoms with Gasteiger partial charge in [-0.2, -0.15) is 4.98 Å². The minimum Gasteiger partial charge on any atom is -0.341 e. The Morgan fingerprint density at radius 2 is 1.96 bits per heavy atom. The van der Waals surface area contributed by atoms with Crippen LogP contribution in [0.25, 0.3) is 0 Å². The summed E-state index contributed by atoms with van der Waals surface area (Å²) in [6.07, 6.45) is 7.97. The molecule has 1 unspecified atom stereocenters. The van der Waals surface area contributed by atoms with Crippen LogP contribution in [0.4, 0.5) is 17.6 Å². The molecule has 2 aromatic heterocycles. The lowest BCUT2D eigenvalue weighted by Crippen LogP contribution is -2.32. The van der Waals surface area contributed by atoms with Gasteiger partial charge in [0.05, 0.1) is 5.69 Å². The van der Waals surface area contributed by atoms with Gasteiger partial charge in [-0.15, -0.1) is 0 Å². The van der Waals surface area contributed by atoms with Gasteiger partial charge in [-0.3, -0.25) is 0 Å². The van der Waals surface area contributed by atoms with Crippen molar-refractivity contribution < 1.29 is 0 Å². The summed E-state index contributed by atoms with van der Waals surface area (Å²) in [5.41, 5.74) is 2.33. The number of pyridine rings is 1. The summed E-state index contributed by atoms with van der Waals surface area (Å²) in [6, 6.07) is 6.16. The SMILES string of the molecule is Cc1ccnc(Nc2cc(C3CCCNC3)nc(N3CCCCC3)n2)c1. The standard InChI is InChI=1S/C20H28N6/c1-15-7-9-22-18(12-15)24-19-13-17(16-6-5-8-21-14-16)23-20(25-19)26-10-3-2-4-11-26/h7,9,12-13,16,21H,2-6,8,10-11,14H2,1H3,(H,22,23,24,25). The number of rotatable bonds is 4. The highest BCUT2D eigenvalue weighted by molar-refractivity contribution is 5.55. The molecule has 4 rings (SSSR count). The van der Waals surface area contributed by atoms with Gasteiger partial charge >= 0.3 is 0 Å². The lowest BCUT2D eigenvalue weighted by Gasteiger charge is -2.29. The molecule has 26 heavy (non-hydrogen) atoms. The number of anilines is 3. The van der Waals surface area contributed by atoms with E-state index >= 15 is 0 Å². The molecule has 2 aliphatic heterocycles. The smallest absolute Gasteiger partial charge is 0.227 e. The van der Waals surface area contributed by atoms with Gasteiger partial charge < -0.3 is 15.5 Å². The second-order valence-corrected chi connectivity index (χ2v) is 7.41. The molecule has 0 aliphatic carbocycles. The zero-order valence-electron chi connectivity index (χ0n) is 15.5. The van der Waals surface area contributed by atoms with Gasteiger partial charge in [0.2, 0.25) is 5.95 Å². The van der Waals surface area contributed by atoms with Crippen LogP contribution in [0.3, 0.4) is 0 Å². The molecular weight excluding hydrogens is 324 g/mol. The Morgan fingerprint density at radius 1 is 1.08 bits per heavy atom. The van der Waals surface area contributed by atoms with Crippen molar-refractivity contribution in [3.05, 3.63) is 35.7 Å². The van der Waals surface area contributed by atoms with Crippen LogP contribution in [0.2, 0.25) is 0 Å². The van der Waals surface area contributed by atoms with Crippen molar-refractivity contribution in [1.82, 2.24) is 20.3 Å². The summed E-state index contributed by atoms with van der Waals surface area (Å²) in [4.78, 5) is 16.5. The maximum Gasteiger partial charge on any atom is 0.227 e. The van der Waals surface area contributed by atoms with Crippen molar-refractivity contribution in [1.29, 1.82) is 0 Å². The van der Waals surface area contributed by atoms with Crippen molar-refractivity contribution in [3.8, 4) is 0 Å². The van der Waals surface area contributed by atoms with E-state index in [1.807, 2.05) is 18.3 Å². The first-order valence-corrected chi connectivity index (χ1v) is 9.82. The van der Waals surface area contributed by atoms with Crippen LogP contribution in [-0.2, 0) is 0 Å². The van der Waals surface area contributed by atoms with E-state index in [4.69, 9.17) is 9.97 Å². The average Bonchev–Trinajstić information content (AvgIpc) is 2.69. The fraction of sp³-hybridized carbons (Fsp3) is 0.550. The first kappa shape index (κ1) is 17.2. The molecule has 2 aromatic rings. The molecule has 0 bridgehead atoms. The van der Waals surface area contributed by atoms with Crippen LogP contribution < -0.4 is 15.5 Å². The van der Waals surface area contributed by atoms with Gasteiger partial charge in [-0.25, -0.2) is 9.97 Å². The molecule has 4 heterocycles. The maximum absolute atomic E-state index is 4.95. The van der Waals surface area contributed by atoms with Gasteiger partial charge in [-0.05, 0) is 63.3 Å². The van der Waals surface area contributed by atoms with Crippen LogP contribution >= 0.6 is 0 Å². The summed E-state index contributed by atoms with van der Waals surface area (Å²) in [6.45, 7) is 6.28. The second-order valence-electron chi connectivity index (χ2n) is 7.41. The van der Waals surface area contributed by atoms with Gasteiger partial charge in [0.25, 0.3) is 0 Å². The Morgan fingerprint density at radius 3 is 2.73 bits per heavy atom. The van der Waals surface area contributed by atoms with Crippen LogP contribution in [0.15, 0.2) is 24.4 Å². The van der Waals surface area contributed by atoms with E-state index in [-0.39, 0.29) is 0 Å². The van der Waals surface area contributed by atoms with Crippen molar-refractivity contribution in [2.45, 2.75) is 44.9 Å². The molecule has 0 saturated carbocycles. The van der Waals surface area contributed by atoms with Crippen molar-refractivity contribution in [2.24, 2.45) is 0 Å². The third-order valence-corrected chi connectivity index (χ3v) is 5.26. The van der Waals surface area contributed by atoms with E-state index in [0.29, 0.717) is 5.92 Å². The van der Waals surface area contributed by atoms with E-state index in [0.717, 1.165) is 49.5 Å². The first-order valence-electron chi connectivity index (χ1n) is 9.82. The molecule has 0 amide bonds. The molecule has 2 saturated heterocycles. The maximum atomic E-state index is 4.95. The van der Waals surface area contributed by atoms with Gasteiger partial charge in [0.15, 0.2) is 0 Å². The number of piperidine rings is 2. The third kappa shape index (κ3) is 4.12. The number of aromatic nitrogens is 3. The number of hydrogen-bond donors (Lipinski definition) is 2. The summed E-state index contributed by atoms with van der Waals surface area (Å²) in [7, 11) is 0. The fourth-order valence-corrected chi connectivity index (χ4v) is 3.80. The highest BCUT2D eigenvalue weighted by atomic mass is 15.3. The normalized spacial score (nSPS) is 20.8. The predicted octanol–water partition coefficient (Wildman–Crippen LogP) is 3.38. The molecule has 1 atom stereocenters. The fourth-order valence-electron chi connectivity index (χ4n) is 3.80. The summed E-state index contributed by atoms with van der Waals surface area (Å²) < 4.78 is 0. The molecule has 0 aromatic carbocycles. The Hall–Kier alpha value is -2.21. The van der Waals surface area contributed by atoms with E-state index in [1.54, 1.807) is 0 Å². The molecule has 6 nitrogen and oxygen atoms in total. The minimum absolute atomic E-state index is 0.460. The van der Waals surface area contributed by atoms with Crippen molar-refractivity contribution in [2.75, 3.05) is 36.4 Å². The second kappa shape index (κ2) is 7.99. The third-order valence-electron chi connectivity index (χ3n) is 5.26. The van der Waals surface area contributed by atoms with E-state index in [2.05, 4.69) is 33.5 Å². The summed E-state index contributed by atoms with van der Waals surface area (Å²) in [5, 5.41) is 6.90. The van der Waals surface area contributed by atoms with E-state index < -0.39 is 0 Å². The lowest BCUT2D eigenvalue weighted by molar-refractivity contribution is 0.453. The number of nitrogens with zero attached hydrogens (tertiary/aromatic N) is 4. The monoisotopic (exact) mass is 352 g/mol. The molecule has 2 fully saturated rings.